The molecule has 0 amide bonds. The van der Waals surface area contributed by atoms with Gasteiger partial charge in [-0.15, -0.1) is 0 Å². The molecule has 0 spiro atoms. The van der Waals surface area contributed by atoms with Crippen LogP contribution in [-0.2, 0) is 4.52 Å². The third-order valence-corrected chi connectivity index (χ3v) is 0.779. The van der Waals surface area contributed by atoms with E-state index in [4.69, 9.17) is 9.79 Å². The van der Waals surface area contributed by atoms with Gasteiger partial charge in [0.1, 0.15) is 0 Å². The monoisotopic (exact) mass is 116 g/mol. The molecule has 0 aliphatic carbocycles. The van der Waals surface area contributed by atoms with Crippen molar-refractivity contribution >= 4 is 8.25 Å². The van der Waals surface area contributed by atoms with Gasteiger partial charge in [0.25, 0.3) is 0 Å². The van der Waals surface area contributed by atoms with Crippen molar-refractivity contribution in [3.05, 3.63) is 0 Å². The molecule has 3 nitrogen and oxygen atoms in total. The van der Waals surface area contributed by atoms with Gasteiger partial charge in [-0.25, -0.2) is 0 Å². The molecular weight excluding hydrogens is 110 g/mol. The van der Waals surface area contributed by atoms with Crippen LogP contribution < -0.4 is 0 Å². The van der Waals surface area contributed by atoms with Crippen molar-refractivity contribution in [3.8, 4) is 0 Å². The van der Waals surface area contributed by atoms with Gasteiger partial charge in [0.15, 0.2) is 0 Å². The van der Waals surface area contributed by atoms with Crippen molar-refractivity contribution in [2.45, 2.75) is 0 Å². The SMILES string of the molecule is CO[PH](O)(O)F. The Balaban J connectivity index is 3.17. The fourth-order valence-electron chi connectivity index (χ4n) is 0. The van der Waals surface area contributed by atoms with Gasteiger partial charge in [-0.05, 0) is 0 Å². The van der Waals surface area contributed by atoms with E-state index in [0.29, 0.717) is 0 Å². The Labute approximate surface area is 35.1 Å². The molecule has 6 heavy (non-hydrogen) atoms. The summed E-state index contributed by atoms with van der Waals surface area (Å²) in [6.45, 7) is 0. The Morgan fingerprint density at radius 1 is 1.67 bits per heavy atom. The Hall–Kier alpha value is 0.240. The maximum absolute atomic E-state index is 11.1. The number of halogens is 1. The molecule has 0 fully saturated rings. The molecule has 0 rings (SSSR count). The standard InChI is InChI=1S/CH6FO3P/c1-5-6(2,3)4/h3-4,6H,1H3. The summed E-state index contributed by atoms with van der Waals surface area (Å²) >= 11 is 0. The number of hydrogen-bond donors (Lipinski definition) is 2. The van der Waals surface area contributed by atoms with Gasteiger partial charge >= 0.3 is 33.9 Å². The van der Waals surface area contributed by atoms with E-state index in [1.165, 1.54) is 0 Å². The van der Waals surface area contributed by atoms with Crippen molar-refractivity contribution in [2.24, 2.45) is 0 Å². The molecule has 5 heteroatoms. The molecule has 0 aromatic rings. The first kappa shape index (κ1) is 6.24. The zero-order valence-corrected chi connectivity index (χ0v) is 4.18. The summed E-state index contributed by atoms with van der Waals surface area (Å²) in [7, 11) is -3.74. The molecule has 0 bridgehead atoms. The van der Waals surface area contributed by atoms with E-state index < -0.39 is 8.25 Å². The Morgan fingerprint density at radius 3 is 1.83 bits per heavy atom. The van der Waals surface area contributed by atoms with Crippen LogP contribution in [-0.4, -0.2) is 16.9 Å². The van der Waals surface area contributed by atoms with E-state index in [9.17, 15) is 4.20 Å². The molecule has 40 valence electrons. The van der Waals surface area contributed by atoms with Crippen LogP contribution in [0.15, 0.2) is 0 Å². The normalized spacial score (nSPS) is 14.7. The van der Waals surface area contributed by atoms with E-state index >= 15 is 0 Å². The second kappa shape index (κ2) is 1.80. The first-order valence-corrected chi connectivity index (χ1v) is 2.93. The van der Waals surface area contributed by atoms with Crippen LogP contribution in [0.25, 0.3) is 0 Å². The summed E-state index contributed by atoms with van der Waals surface area (Å²) in [6.07, 6.45) is 0. The van der Waals surface area contributed by atoms with Crippen LogP contribution in [0.5, 0.6) is 0 Å². The fraction of sp³-hybridized carbons (Fsp3) is 1.00. The summed E-state index contributed by atoms with van der Waals surface area (Å²) in [6, 6.07) is 0. The zero-order chi connectivity index (χ0) is 5.21. The molecule has 0 unspecified atom stereocenters. The van der Waals surface area contributed by atoms with Gasteiger partial charge in [-0.1, -0.05) is 0 Å². The molecular formula is CH6FO3P. The van der Waals surface area contributed by atoms with Crippen molar-refractivity contribution in [3.63, 3.8) is 0 Å². The van der Waals surface area contributed by atoms with Crippen molar-refractivity contribution in [1.82, 2.24) is 0 Å². The van der Waals surface area contributed by atoms with Crippen LogP contribution in [0.1, 0.15) is 0 Å². The first-order valence-electron chi connectivity index (χ1n) is 1.25. The molecule has 0 aliphatic rings. The van der Waals surface area contributed by atoms with Crippen LogP contribution in [0.2, 0.25) is 0 Å². The van der Waals surface area contributed by atoms with E-state index in [0.717, 1.165) is 7.11 Å². The van der Waals surface area contributed by atoms with Crippen LogP contribution in [0, 0.1) is 0 Å². The Kier molecular flexibility index (Phi) is 1.87. The average molecular weight is 116 g/mol. The molecule has 0 aromatic heterocycles. The Morgan fingerprint density at radius 2 is 1.83 bits per heavy atom. The predicted octanol–water partition coefficient (Wildman–Crippen LogP) is -0.00320. The third-order valence-electron chi connectivity index (χ3n) is 0.260. The Bertz CT molecular complexity index is 40.5. The minimum absolute atomic E-state index is 0.895. The number of rotatable bonds is 1. The van der Waals surface area contributed by atoms with Crippen LogP contribution in [0.4, 0.5) is 4.20 Å². The van der Waals surface area contributed by atoms with Crippen LogP contribution >= 0.6 is 8.25 Å². The van der Waals surface area contributed by atoms with Crippen molar-refractivity contribution in [2.75, 3.05) is 7.11 Å². The summed E-state index contributed by atoms with van der Waals surface area (Å²) < 4.78 is 14.7. The second-order valence-corrected chi connectivity index (χ2v) is 2.20. The number of hydrogen-bond acceptors (Lipinski definition) is 3. The first-order chi connectivity index (χ1) is 2.56. The van der Waals surface area contributed by atoms with Crippen LogP contribution in [0.3, 0.4) is 0 Å². The maximum atomic E-state index is 11.1. The quantitative estimate of drug-likeness (QED) is 0.474. The van der Waals surface area contributed by atoms with Gasteiger partial charge in [0.05, 0.1) is 0 Å². The van der Waals surface area contributed by atoms with Gasteiger partial charge in [0, 0.05) is 0 Å². The molecule has 0 saturated heterocycles. The zero-order valence-electron chi connectivity index (χ0n) is 3.18. The molecule has 0 atom stereocenters. The van der Waals surface area contributed by atoms with Crippen molar-refractivity contribution < 1.29 is 18.5 Å². The second-order valence-electron chi connectivity index (χ2n) is 0.733. The summed E-state index contributed by atoms with van der Waals surface area (Å²) in [5.74, 6) is 0. The summed E-state index contributed by atoms with van der Waals surface area (Å²) in [5, 5.41) is 0. The molecule has 0 heterocycles. The van der Waals surface area contributed by atoms with E-state index in [2.05, 4.69) is 4.52 Å². The van der Waals surface area contributed by atoms with E-state index in [1.807, 2.05) is 0 Å². The van der Waals surface area contributed by atoms with Gasteiger partial charge < -0.3 is 0 Å². The molecule has 0 saturated carbocycles. The predicted molar refractivity (Wildman–Crippen MR) is 20.9 cm³/mol. The minimum atomic E-state index is -4.63. The molecule has 0 aromatic carbocycles. The van der Waals surface area contributed by atoms with E-state index in [1.54, 1.807) is 0 Å². The average Bonchev–Trinajstić information content (AvgIpc) is 1.35. The molecule has 2 N–H and O–H groups in total. The van der Waals surface area contributed by atoms with Gasteiger partial charge in [-0.2, -0.15) is 0 Å². The molecule has 0 radical (unpaired) electrons. The molecule has 0 aliphatic heterocycles. The summed E-state index contributed by atoms with van der Waals surface area (Å²) in [4.78, 5) is 15.3. The van der Waals surface area contributed by atoms with E-state index in [-0.39, 0.29) is 0 Å². The van der Waals surface area contributed by atoms with Gasteiger partial charge in [-0.3, -0.25) is 0 Å². The topological polar surface area (TPSA) is 49.7 Å². The van der Waals surface area contributed by atoms with Gasteiger partial charge in [0.2, 0.25) is 0 Å². The summed E-state index contributed by atoms with van der Waals surface area (Å²) in [5.41, 5.74) is 0. The van der Waals surface area contributed by atoms with Crippen molar-refractivity contribution in [1.29, 1.82) is 0 Å². The third kappa shape index (κ3) is 4.24. The fourth-order valence-corrected chi connectivity index (χ4v) is 0.